The number of carbonyl (C=O) groups is 1. The molecule has 0 saturated carbocycles. The largest absolute Gasteiger partial charge is 0.453 e. The van der Waals surface area contributed by atoms with Gasteiger partial charge in [-0.25, -0.2) is 4.79 Å². The summed E-state index contributed by atoms with van der Waals surface area (Å²) in [4.78, 5) is 15.3. The van der Waals surface area contributed by atoms with E-state index in [-0.39, 0.29) is 24.0 Å². The lowest BCUT2D eigenvalue weighted by Crippen LogP contribution is -2.36. The SMILES string of the molecule is CN=C(NCc1ccccc1)NCc1ccc(NC(=O)OC)cc1.I. The molecule has 0 aliphatic heterocycles. The molecule has 2 aromatic rings. The van der Waals surface area contributed by atoms with Crippen molar-refractivity contribution in [2.24, 2.45) is 4.99 Å². The molecule has 0 atom stereocenters. The molecule has 7 heteroatoms. The number of amides is 1. The summed E-state index contributed by atoms with van der Waals surface area (Å²) in [5.41, 5.74) is 2.96. The number of methoxy groups -OCH3 is 1. The standard InChI is InChI=1S/C18H22N4O2.HI/c1-19-17(20-12-14-6-4-3-5-7-14)21-13-15-8-10-16(11-9-15)22-18(23)24-2;/h3-11H,12-13H2,1-2H3,(H,22,23)(H2,19,20,21);1H. The van der Waals surface area contributed by atoms with Crippen LogP contribution in [-0.2, 0) is 17.8 Å². The van der Waals surface area contributed by atoms with E-state index in [0.717, 1.165) is 11.5 Å². The molecule has 2 aromatic carbocycles. The smallest absolute Gasteiger partial charge is 0.411 e. The van der Waals surface area contributed by atoms with Crippen LogP contribution in [0, 0.1) is 0 Å². The first-order chi connectivity index (χ1) is 11.7. The minimum absolute atomic E-state index is 0. The van der Waals surface area contributed by atoms with Crippen molar-refractivity contribution >= 4 is 41.7 Å². The first-order valence-corrected chi connectivity index (χ1v) is 7.63. The van der Waals surface area contributed by atoms with E-state index in [4.69, 9.17) is 0 Å². The quantitative estimate of drug-likeness (QED) is 0.368. The number of aliphatic imine (C=N–C) groups is 1. The number of carbonyl (C=O) groups excluding carboxylic acids is 1. The van der Waals surface area contributed by atoms with E-state index < -0.39 is 6.09 Å². The van der Waals surface area contributed by atoms with Gasteiger partial charge in [0.05, 0.1) is 7.11 Å². The highest BCUT2D eigenvalue weighted by Crippen LogP contribution is 2.09. The van der Waals surface area contributed by atoms with Gasteiger partial charge in [-0.1, -0.05) is 42.5 Å². The van der Waals surface area contributed by atoms with Gasteiger partial charge in [-0.05, 0) is 23.3 Å². The van der Waals surface area contributed by atoms with Crippen LogP contribution in [0.5, 0.6) is 0 Å². The molecule has 0 heterocycles. The number of hydrogen-bond acceptors (Lipinski definition) is 3. The summed E-state index contributed by atoms with van der Waals surface area (Å²) in [7, 11) is 3.07. The van der Waals surface area contributed by atoms with Gasteiger partial charge in [-0.15, -0.1) is 24.0 Å². The molecule has 0 aromatic heterocycles. The average molecular weight is 454 g/mol. The highest BCUT2D eigenvalue weighted by Gasteiger charge is 2.02. The first-order valence-electron chi connectivity index (χ1n) is 7.63. The Morgan fingerprint density at radius 2 is 1.52 bits per heavy atom. The van der Waals surface area contributed by atoms with Crippen molar-refractivity contribution in [1.82, 2.24) is 10.6 Å². The third kappa shape index (κ3) is 7.42. The second-order valence-electron chi connectivity index (χ2n) is 5.08. The van der Waals surface area contributed by atoms with Crippen LogP contribution in [0.2, 0.25) is 0 Å². The molecule has 0 aliphatic rings. The van der Waals surface area contributed by atoms with Gasteiger partial charge in [0, 0.05) is 25.8 Å². The van der Waals surface area contributed by atoms with Crippen LogP contribution >= 0.6 is 24.0 Å². The van der Waals surface area contributed by atoms with Crippen LogP contribution in [0.1, 0.15) is 11.1 Å². The molecule has 0 aliphatic carbocycles. The Morgan fingerprint density at radius 3 is 2.04 bits per heavy atom. The molecule has 0 bridgehead atoms. The van der Waals surface area contributed by atoms with Crippen molar-refractivity contribution in [3.8, 4) is 0 Å². The summed E-state index contributed by atoms with van der Waals surface area (Å²) in [6, 6.07) is 17.7. The maximum Gasteiger partial charge on any atom is 0.411 e. The van der Waals surface area contributed by atoms with E-state index in [9.17, 15) is 4.79 Å². The van der Waals surface area contributed by atoms with E-state index in [1.807, 2.05) is 42.5 Å². The van der Waals surface area contributed by atoms with Crippen molar-refractivity contribution in [3.63, 3.8) is 0 Å². The summed E-state index contributed by atoms with van der Waals surface area (Å²) in [6.45, 7) is 1.34. The third-order valence-corrected chi connectivity index (χ3v) is 3.37. The number of nitrogens with one attached hydrogen (secondary N) is 3. The number of ether oxygens (including phenoxy) is 1. The summed E-state index contributed by atoms with van der Waals surface area (Å²) in [5, 5.41) is 9.14. The van der Waals surface area contributed by atoms with Crippen LogP contribution in [0.4, 0.5) is 10.5 Å². The molecule has 6 nitrogen and oxygen atoms in total. The highest BCUT2D eigenvalue weighted by atomic mass is 127. The van der Waals surface area contributed by atoms with E-state index in [2.05, 4.69) is 37.8 Å². The zero-order valence-corrected chi connectivity index (χ0v) is 16.6. The summed E-state index contributed by atoms with van der Waals surface area (Å²) >= 11 is 0. The topological polar surface area (TPSA) is 74.8 Å². The van der Waals surface area contributed by atoms with Gasteiger partial charge in [-0.2, -0.15) is 0 Å². The number of rotatable bonds is 5. The van der Waals surface area contributed by atoms with Gasteiger partial charge in [0.2, 0.25) is 0 Å². The summed E-state index contributed by atoms with van der Waals surface area (Å²) < 4.78 is 4.55. The predicted molar refractivity (Wildman–Crippen MR) is 111 cm³/mol. The Morgan fingerprint density at radius 1 is 0.960 bits per heavy atom. The molecule has 3 N–H and O–H groups in total. The van der Waals surface area contributed by atoms with E-state index in [0.29, 0.717) is 18.8 Å². The van der Waals surface area contributed by atoms with Gasteiger partial charge >= 0.3 is 6.09 Å². The highest BCUT2D eigenvalue weighted by molar-refractivity contribution is 14.0. The lowest BCUT2D eigenvalue weighted by Gasteiger charge is -2.12. The number of hydrogen-bond donors (Lipinski definition) is 3. The van der Waals surface area contributed by atoms with E-state index in [1.165, 1.54) is 12.7 Å². The normalized spacial score (nSPS) is 10.4. The molecule has 0 saturated heterocycles. The maximum atomic E-state index is 11.1. The molecule has 2 rings (SSSR count). The van der Waals surface area contributed by atoms with Crippen LogP contribution in [-0.4, -0.2) is 26.2 Å². The molecule has 1 amide bonds. The predicted octanol–water partition coefficient (Wildman–Crippen LogP) is 3.35. The molecule has 25 heavy (non-hydrogen) atoms. The van der Waals surface area contributed by atoms with Gasteiger partial charge in [-0.3, -0.25) is 10.3 Å². The maximum absolute atomic E-state index is 11.1. The van der Waals surface area contributed by atoms with Gasteiger partial charge in [0.25, 0.3) is 0 Å². The zero-order chi connectivity index (χ0) is 17.2. The van der Waals surface area contributed by atoms with Crippen molar-refractivity contribution in [3.05, 3.63) is 65.7 Å². The van der Waals surface area contributed by atoms with Crippen LogP contribution in [0.25, 0.3) is 0 Å². The molecular weight excluding hydrogens is 431 g/mol. The number of guanidine groups is 1. The fraction of sp³-hybridized carbons (Fsp3) is 0.222. The Labute approximate surface area is 165 Å². The second kappa shape index (κ2) is 11.3. The Hall–Kier alpha value is -2.29. The molecule has 134 valence electrons. The number of halogens is 1. The van der Waals surface area contributed by atoms with Crippen molar-refractivity contribution in [1.29, 1.82) is 0 Å². The number of nitrogens with zero attached hydrogens (tertiary/aromatic N) is 1. The number of anilines is 1. The lowest BCUT2D eigenvalue weighted by atomic mass is 10.2. The fourth-order valence-corrected chi connectivity index (χ4v) is 2.06. The van der Waals surface area contributed by atoms with Crippen LogP contribution < -0.4 is 16.0 Å². The van der Waals surface area contributed by atoms with Crippen molar-refractivity contribution < 1.29 is 9.53 Å². The van der Waals surface area contributed by atoms with Crippen LogP contribution in [0.3, 0.4) is 0 Å². The van der Waals surface area contributed by atoms with Gasteiger partial charge in [0.1, 0.15) is 0 Å². The minimum Gasteiger partial charge on any atom is -0.453 e. The lowest BCUT2D eigenvalue weighted by molar-refractivity contribution is 0.187. The number of benzene rings is 2. The fourth-order valence-electron chi connectivity index (χ4n) is 2.06. The second-order valence-corrected chi connectivity index (χ2v) is 5.08. The molecule has 0 radical (unpaired) electrons. The molecule has 0 unspecified atom stereocenters. The first kappa shape index (κ1) is 20.8. The van der Waals surface area contributed by atoms with E-state index >= 15 is 0 Å². The average Bonchev–Trinajstić information content (AvgIpc) is 2.64. The summed E-state index contributed by atoms with van der Waals surface area (Å²) in [6.07, 6.45) is -0.480. The van der Waals surface area contributed by atoms with E-state index in [1.54, 1.807) is 7.05 Å². The zero-order valence-electron chi connectivity index (χ0n) is 14.3. The molecule has 0 spiro atoms. The minimum atomic E-state index is -0.480. The molecular formula is C18H23IN4O2. The van der Waals surface area contributed by atoms with Crippen molar-refractivity contribution in [2.45, 2.75) is 13.1 Å². The monoisotopic (exact) mass is 454 g/mol. The Balaban J connectivity index is 0.00000312. The van der Waals surface area contributed by atoms with Crippen LogP contribution in [0.15, 0.2) is 59.6 Å². The van der Waals surface area contributed by atoms with Crippen molar-refractivity contribution in [2.75, 3.05) is 19.5 Å². The third-order valence-electron chi connectivity index (χ3n) is 3.37. The Bertz CT molecular complexity index is 675. The summed E-state index contributed by atoms with van der Waals surface area (Å²) in [5.74, 6) is 0.732. The molecule has 0 fully saturated rings. The Kier molecular flexibility index (Phi) is 9.38. The van der Waals surface area contributed by atoms with Gasteiger partial charge < -0.3 is 15.4 Å². The van der Waals surface area contributed by atoms with Gasteiger partial charge in [0.15, 0.2) is 5.96 Å².